The van der Waals surface area contributed by atoms with E-state index in [4.69, 9.17) is 5.73 Å². The number of carbonyl (C=O) groups excluding carboxylic acids is 2. The molecule has 0 aliphatic carbocycles. The van der Waals surface area contributed by atoms with Gasteiger partial charge in [-0.25, -0.2) is 9.78 Å². The first-order valence-electron chi connectivity index (χ1n) is 10.1. The number of carbonyl (C=O) groups is 2. The van der Waals surface area contributed by atoms with Crippen LogP contribution in [-0.2, 0) is 6.18 Å². The van der Waals surface area contributed by atoms with Crippen molar-refractivity contribution < 1.29 is 22.8 Å². The van der Waals surface area contributed by atoms with E-state index >= 15 is 0 Å². The molecule has 0 unspecified atom stereocenters. The van der Waals surface area contributed by atoms with Gasteiger partial charge in [-0.15, -0.1) is 0 Å². The van der Waals surface area contributed by atoms with Crippen LogP contribution in [0.2, 0.25) is 0 Å². The molecule has 3 rings (SSSR count). The summed E-state index contributed by atoms with van der Waals surface area (Å²) in [6.45, 7) is 6.09. The number of benzene rings is 1. The third-order valence-corrected chi connectivity index (χ3v) is 4.99. The minimum Gasteiger partial charge on any atom is -0.383 e. The van der Waals surface area contributed by atoms with Gasteiger partial charge in [0.05, 0.1) is 17.6 Å². The number of rotatable bonds is 6. The number of anilines is 3. The fourth-order valence-electron chi connectivity index (χ4n) is 3.36. The minimum atomic E-state index is -4.54. The molecule has 0 spiro atoms. The van der Waals surface area contributed by atoms with Crippen LogP contribution >= 0.6 is 0 Å². The number of alkyl halides is 3. The largest absolute Gasteiger partial charge is 0.416 e. The van der Waals surface area contributed by atoms with Crippen LogP contribution in [0.15, 0.2) is 30.5 Å². The zero-order valence-corrected chi connectivity index (χ0v) is 18.0. The number of nitrogens with one attached hydrogen (secondary N) is 1. The Morgan fingerprint density at radius 1 is 1.34 bits per heavy atom. The number of unbranched alkanes of at least 4 members (excludes halogenated alkanes) is 1. The molecule has 0 atom stereocenters. The maximum absolute atomic E-state index is 13.2. The summed E-state index contributed by atoms with van der Waals surface area (Å²) in [6, 6.07) is 4.17. The van der Waals surface area contributed by atoms with Crippen LogP contribution in [0.1, 0.15) is 49.5 Å². The molecular weight excluding hydrogens is 425 g/mol. The summed E-state index contributed by atoms with van der Waals surface area (Å²) in [7, 11) is 0. The fraction of sp³-hybridized carbons (Fsp3) is 0.429. The van der Waals surface area contributed by atoms with E-state index in [2.05, 4.69) is 15.3 Å². The van der Waals surface area contributed by atoms with Gasteiger partial charge in [0.25, 0.3) is 5.91 Å². The second-order valence-electron chi connectivity index (χ2n) is 8.23. The van der Waals surface area contributed by atoms with Crippen molar-refractivity contribution in [3.05, 3.63) is 41.6 Å². The Morgan fingerprint density at radius 2 is 2.06 bits per heavy atom. The quantitative estimate of drug-likeness (QED) is 0.696. The maximum Gasteiger partial charge on any atom is 0.416 e. The lowest BCUT2D eigenvalue weighted by Gasteiger charge is -2.24. The number of urea groups is 1. The number of hydrogen-bond acceptors (Lipinski definition) is 5. The molecule has 1 fully saturated rings. The number of halogens is 3. The zero-order chi connectivity index (χ0) is 23.7. The topological polar surface area (TPSA) is 104 Å². The van der Waals surface area contributed by atoms with Crippen LogP contribution in [0.25, 0.3) is 0 Å². The van der Waals surface area contributed by atoms with Crippen LogP contribution in [-0.4, -0.2) is 40.5 Å². The van der Waals surface area contributed by atoms with E-state index in [-0.39, 0.29) is 35.6 Å². The van der Waals surface area contributed by atoms with Gasteiger partial charge < -0.3 is 16.0 Å². The van der Waals surface area contributed by atoms with E-state index in [1.165, 1.54) is 28.1 Å². The zero-order valence-electron chi connectivity index (χ0n) is 18.0. The lowest BCUT2D eigenvalue weighted by Crippen LogP contribution is -2.36. The molecule has 1 aliphatic heterocycles. The van der Waals surface area contributed by atoms with Gasteiger partial charge in [-0.2, -0.15) is 18.2 Å². The van der Waals surface area contributed by atoms with Gasteiger partial charge in [-0.3, -0.25) is 9.69 Å². The molecule has 2 heterocycles. The van der Waals surface area contributed by atoms with Crippen molar-refractivity contribution in [1.29, 1.82) is 0 Å². The minimum absolute atomic E-state index is 0.0429. The molecular formula is C21H25F3N6O2. The summed E-state index contributed by atoms with van der Waals surface area (Å²) in [6.07, 6.45) is -2.04. The Balaban J connectivity index is 1.93. The van der Waals surface area contributed by atoms with Crippen molar-refractivity contribution in [2.45, 2.75) is 45.3 Å². The average Bonchev–Trinajstić information content (AvgIpc) is 3.00. The summed E-state index contributed by atoms with van der Waals surface area (Å²) in [5.74, 6) is -0.736. The number of nitrogen functional groups attached to an aromatic ring is 1. The summed E-state index contributed by atoms with van der Waals surface area (Å²) >= 11 is 0. The van der Waals surface area contributed by atoms with Crippen molar-refractivity contribution in [1.82, 2.24) is 15.3 Å². The molecule has 2 aromatic rings. The molecule has 172 valence electrons. The highest BCUT2D eigenvalue weighted by Gasteiger charge is 2.37. The Kier molecular flexibility index (Phi) is 6.29. The Morgan fingerprint density at radius 3 is 2.62 bits per heavy atom. The van der Waals surface area contributed by atoms with Gasteiger partial charge in [-0.05, 0) is 38.5 Å². The standard InChI is InChI=1S/C21H25F3N6O2/c1-4-5-9-29(14-8-6-7-13(10-14)21(22,23)24)17(31)15-11-26-18(27-16(15)25)30-12-20(2,3)28-19(30)32/h6-8,10-11H,4-5,9,12H2,1-3H3,(H,28,32)(H2,25,26,27). The number of aromatic nitrogens is 2. The molecule has 1 aromatic carbocycles. The predicted octanol–water partition coefficient (Wildman–Crippen LogP) is 3.83. The Labute approximate surface area is 183 Å². The van der Waals surface area contributed by atoms with Gasteiger partial charge in [-0.1, -0.05) is 19.4 Å². The Hall–Kier alpha value is -3.37. The van der Waals surface area contributed by atoms with Gasteiger partial charge in [0.1, 0.15) is 11.4 Å². The van der Waals surface area contributed by atoms with Crippen molar-refractivity contribution >= 4 is 29.4 Å². The summed E-state index contributed by atoms with van der Waals surface area (Å²) in [5, 5.41) is 2.78. The second-order valence-corrected chi connectivity index (χ2v) is 8.23. The maximum atomic E-state index is 13.2. The molecule has 1 aliphatic rings. The van der Waals surface area contributed by atoms with E-state index in [9.17, 15) is 22.8 Å². The van der Waals surface area contributed by atoms with Crippen LogP contribution in [0.3, 0.4) is 0 Å². The highest BCUT2D eigenvalue weighted by Crippen LogP contribution is 2.32. The number of amides is 3. The predicted molar refractivity (Wildman–Crippen MR) is 114 cm³/mol. The molecule has 0 radical (unpaired) electrons. The van der Waals surface area contributed by atoms with E-state index in [0.29, 0.717) is 13.0 Å². The van der Waals surface area contributed by atoms with Gasteiger partial charge >= 0.3 is 12.2 Å². The van der Waals surface area contributed by atoms with Crippen LogP contribution in [0.4, 0.5) is 35.4 Å². The van der Waals surface area contributed by atoms with Gasteiger partial charge in [0.15, 0.2) is 0 Å². The SMILES string of the molecule is CCCCN(C(=O)c1cnc(N2CC(C)(C)NC2=O)nc1N)c1cccc(C(F)(F)F)c1. The molecule has 1 aromatic heterocycles. The van der Waals surface area contributed by atoms with Crippen molar-refractivity contribution in [3.63, 3.8) is 0 Å². The van der Waals surface area contributed by atoms with Crippen LogP contribution in [0.5, 0.6) is 0 Å². The summed E-state index contributed by atoms with van der Waals surface area (Å²) in [5.41, 5.74) is 4.72. The van der Waals surface area contributed by atoms with Crippen molar-refractivity contribution in [2.75, 3.05) is 28.6 Å². The molecule has 3 N–H and O–H groups in total. The first-order chi connectivity index (χ1) is 14.9. The lowest BCUT2D eigenvalue weighted by atomic mass is 10.1. The third-order valence-electron chi connectivity index (χ3n) is 4.99. The van der Waals surface area contributed by atoms with Gasteiger partial charge in [0, 0.05) is 18.4 Å². The summed E-state index contributed by atoms with van der Waals surface area (Å²) in [4.78, 5) is 36.2. The highest BCUT2D eigenvalue weighted by atomic mass is 19.4. The van der Waals surface area contributed by atoms with Crippen LogP contribution in [0, 0.1) is 0 Å². The van der Waals surface area contributed by atoms with Gasteiger partial charge in [0.2, 0.25) is 5.95 Å². The number of nitrogens with two attached hydrogens (primary N) is 1. The van der Waals surface area contributed by atoms with Crippen molar-refractivity contribution in [3.8, 4) is 0 Å². The molecule has 1 saturated heterocycles. The monoisotopic (exact) mass is 450 g/mol. The second kappa shape index (κ2) is 8.64. The molecule has 11 heteroatoms. The molecule has 0 saturated carbocycles. The Bertz CT molecular complexity index is 1020. The molecule has 8 nitrogen and oxygen atoms in total. The lowest BCUT2D eigenvalue weighted by molar-refractivity contribution is -0.137. The highest BCUT2D eigenvalue weighted by molar-refractivity contribution is 6.09. The molecule has 0 bridgehead atoms. The number of hydrogen-bond donors (Lipinski definition) is 2. The summed E-state index contributed by atoms with van der Waals surface area (Å²) < 4.78 is 39.5. The van der Waals surface area contributed by atoms with E-state index in [1.54, 1.807) is 0 Å². The van der Waals surface area contributed by atoms with E-state index in [1.807, 2.05) is 20.8 Å². The normalized spacial score (nSPS) is 15.6. The van der Waals surface area contributed by atoms with E-state index < -0.39 is 23.2 Å². The average molecular weight is 450 g/mol. The number of nitrogens with zero attached hydrogens (tertiary/aromatic N) is 4. The third kappa shape index (κ3) is 4.92. The smallest absolute Gasteiger partial charge is 0.383 e. The van der Waals surface area contributed by atoms with E-state index in [0.717, 1.165) is 18.6 Å². The van der Waals surface area contributed by atoms with Crippen LogP contribution < -0.4 is 20.9 Å². The molecule has 3 amide bonds. The molecule has 32 heavy (non-hydrogen) atoms. The first-order valence-corrected chi connectivity index (χ1v) is 10.1. The first kappa shape index (κ1) is 23.3. The van der Waals surface area contributed by atoms with Crippen molar-refractivity contribution in [2.24, 2.45) is 0 Å². The fourth-order valence-corrected chi connectivity index (χ4v) is 3.36.